The van der Waals surface area contributed by atoms with Gasteiger partial charge in [-0.3, -0.25) is 4.79 Å². The molecule has 0 radical (unpaired) electrons. The van der Waals surface area contributed by atoms with Crippen LogP contribution in [-0.4, -0.2) is 58.9 Å². The first-order valence-corrected chi connectivity index (χ1v) is 9.21. The third-order valence-corrected chi connectivity index (χ3v) is 4.89. The monoisotopic (exact) mass is 386 g/mol. The Bertz CT molecular complexity index is 750. The fourth-order valence-electron chi connectivity index (χ4n) is 3.16. The van der Waals surface area contributed by atoms with Crippen molar-refractivity contribution in [2.24, 2.45) is 0 Å². The predicted molar refractivity (Wildman–Crippen MR) is 88.4 cm³/mol. The van der Waals surface area contributed by atoms with Crippen molar-refractivity contribution in [3.8, 4) is 6.07 Å². The summed E-state index contributed by atoms with van der Waals surface area (Å²) in [5.74, 6) is -1.31. The van der Waals surface area contributed by atoms with Crippen LogP contribution in [0.1, 0.15) is 17.7 Å². The Morgan fingerprint density at radius 2 is 2.19 bits per heavy atom. The minimum absolute atomic E-state index is 0.0357. The Balaban J connectivity index is 1.90. The number of fused-ring (bicyclic) bond motifs is 1. The molecule has 3 rings (SSSR count). The molecule has 1 aromatic heterocycles. The van der Waals surface area contributed by atoms with Crippen LogP contribution in [0.3, 0.4) is 0 Å². The molecule has 2 aliphatic heterocycles. The van der Waals surface area contributed by atoms with Gasteiger partial charge < -0.3 is 15.1 Å². The number of amides is 1. The van der Waals surface area contributed by atoms with Crippen molar-refractivity contribution >= 4 is 23.5 Å². The maximum atomic E-state index is 12.8. The number of rotatable bonds is 3. The van der Waals surface area contributed by atoms with Crippen LogP contribution in [0.2, 0.25) is 0 Å². The van der Waals surface area contributed by atoms with Gasteiger partial charge in [-0.05, 0) is 6.26 Å². The van der Waals surface area contributed by atoms with E-state index in [2.05, 4.69) is 21.4 Å². The minimum atomic E-state index is -4.91. The normalized spacial score (nSPS) is 20.0. The second-order valence-corrected chi connectivity index (χ2v) is 6.85. The summed E-state index contributed by atoms with van der Waals surface area (Å²) in [6.07, 6.45) is -2.79. The number of piperazine rings is 1. The second-order valence-electron chi connectivity index (χ2n) is 6.08. The van der Waals surface area contributed by atoms with Gasteiger partial charge in [0, 0.05) is 31.2 Å². The summed E-state index contributed by atoms with van der Waals surface area (Å²) in [7, 11) is 0. The highest BCUT2D eigenvalue weighted by Gasteiger charge is 2.45. The summed E-state index contributed by atoms with van der Waals surface area (Å²) in [6, 6.07) is 2.08. The lowest BCUT2D eigenvalue weighted by atomic mass is 10.1. The maximum Gasteiger partial charge on any atom is 0.471 e. The van der Waals surface area contributed by atoms with Crippen molar-refractivity contribution in [3.63, 3.8) is 0 Å². The van der Waals surface area contributed by atoms with Crippen LogP contribution in [0.4, 0.5) is 19.0 Å². The quantitative estimate of drug-likeness (QED) is 0.619. The first-order chi connectivity index (χ1) is 12.3. The third kappa shape index (κ3) is 3.71. The van der Waals surface area contributed by atoms with Crippen LogP contribution in [-0.2, 0) is 17.9 Å². The summed E-state index contributed by atoms with van der Waals surface area (Å²) in [5, 5.41) is 12.6. The SMILES string of the molecule is CSc1nc2c(c(N3CCN[C@@H](CC#N)C3)n1)CN(C(=O)C(F)(F)F)C2. The molecule has 2 aliphatic rings. The summed E-state index contributed by atoms with van der Waals surface area (Å²) < 4.78 is 38.3. The zero-order valence-electron chi connectivity index (χ0n) is 14.0. The van der Waals surface area contributed by atoms with E-state index in [0.717, 1.165) is 4.90 Å². The number of nitrogens with zero attached hydrogens (tertiary/aromatic N) is 5. The van der Waals surface area contributed by atoms with E-state index < -0.39 is 12.1 Å². The molecule has 26 heavy (non-hydrogen) atoms. The van der Waals surface area contributed by atoms with Gasteiger partial charge in [0.25, 0.3) is 0 Å². The molecule has 0 bridgehead atoms. The van der Waals surface area contributed by atoms with Crippen LogP contribution in [0.5, 0.6) is 0 Å². The van der Waals surface area contributed by atoms with E-state index in [1.807, 2.05) is 4.90 Å². The summed E-state index contributed by atoms with van der Waals surface area (Å²) in [6.45, 7) is 1.45. The van der Waals surface area contributed by atoms with Crippen molar-refractivity contribution in [2.75, 3.05) is 30.8 Å². The molecular weight excluding hydrogens is 369 g/mol. The summed E-state index contributed by atoms with van der Waals surface area (Å²) in [5.41, 5.74) is 1.00. The molecule has 1 fully saturated rings. The molecule has 11 heteroatoms. The fraction of sp³-hybridized carbons (Fsp3) is 0.600. The molecular formula is C15H17F3N6OS. The van der Waals surface area contributed by atoms with Crippen LogP contribution >= 0.6 is 11.8 Å². The fourth-order valence-corrected chi connectivity index (χ4v) is 3.54. The number of nitrogens with one attached hydrogen (secondary N) is 1. The summed E-state index contributed by atoms with van der Waals surface area (Å²) >= 11 is 1.30. The highest BCUT2D eigenvalue weighted by molar-refractivity contribution is 7.98. The van der Waals surface area contributed by atoms with Gasteiger partial charge in [0.1, 0.15) is 5.82 Å². The highest BCUT2D eigenvalue weighted by atomic mass is 32.2. The zero-order valence-corrected chi connectivity index (χ0v) is 14.8. The standard InChI is InChI=1S/C15H17F3N6OS/c1-26-14-21-11-8-24(13(25)15(16,17)18)7-10(11)12(22-14)23-5-4-20-9(6-23)2-3-19/h9,20H,2,4-8H2,1H3/t9-/m0/s1. The van der Waals surface area contributed by atoms with E-state index in [1.165, 1.54) is 11.8 Å². The highest BCUT2D eigenvalue weighted by Crippen LogP contribution is 2.33. The first-order valence-electron chi connectivity index (χ1n) is 7.98. The molecule has 1 saturated heterocycles. The number of thioether (sulfide) groups is 1. The van der Waals surface area contributed by atoms with Crippen LogP contribution < -0.4 is 10.2 Å². The number of aromatic nitrogens is 2. The summed E-state index contributed by atoms with van der Waals surface area (Å²) in [4.78, 5) is 23.1. The van der Waals surface area contributed by atoms with Crippen molar-refractivity contribution in [2.45, 2.75) is 36.9 Å². The topological polar surface area (TPSA) is 85.2 Å². The number of hydrogen-bond acceptors (Lipinski definition) is 7. The van der Waals surface area contributed by atoms with Gasteiger partial charge in [0.2, 0.25) is 0 Å². The molecule has 0 aliphatic carbocycles. The first kappa shape index (κ1) is 18.7. The van der Waals surface area contributed by atoms with E-state index in [0.29, 0.717) is 48.3 Å². The van der Waals surface area contributed by atoms with Crippen molar-refractivity contribution in [1.82, 2.24) is 20.2 Å². The van der Waals surface area contributed by atoms with E-state index in [9.17, 15) is 18.0 Å². The lowest BCUT2D eigenvalue weighted by molar-refractivity contribution is -0.186. The molecule has 140 valence electrons. The van der Waals surface area contributed by atoms with Gasteiger partial charge in [0.15, 0.2) is 5.16 Å². The van der Waals surface area contributed by atoms with Gasteiger partial charge in [-0.15, -0.1) is 0 Å². The third-order valence-electron chi connectivity index (χ3n) is 4.35. The average molecular weight is 386 g/mol. The van der Waals surface area contributed by atoms with Gasteiger partial charge >= 0.3 is 12.1 Å². The number of hydrogen-bond donors (Lipinski definition) is 1. The molecule has 1 atom stereocenters. The molecule has 1 amide bonds. The van der Waals surface area contributed by atoms with Gasteiger partial charge in [-0.1, -0.05) is 11.8 Å². The Hall–Kier alpha value is -2.06. The largest absolute Gasteiger partial charge is 0.471 e. The lowest BCUT2D eigenvalue weighted by Crippen LogP contribution is -2.51. The Morgan fingerprint density at radius 3 is 2.85 bits per heavy atom. The maximum absolute atomic E-state index is 12.8. The van der Waals surface area contributed by atoms with Crippen LogP contribution in [0.25, 0.3) is 0 Å². The molecule has 0 unspecified atom stereocenters. The van der Waals surface area contributed by atoms with Gasteiger partial charge in [-0.25, -0.2) is 9.97 Å². The van der Waals surface area contributed by atoms with Crippen molar-refractivity contribution in [1.29, 1.82) is 5.26 Å². The molecule has 3 heterocycles. The number of carbonyl (C=O) groups is 1. The number of anilines is 1. The Morgan fingerprint density at radius 1 is 1.42 bits per heavy atom. The van der Waals surface area contributed by atoms with Crippen LogP contribution in [0, 0.1) is 11.3 Å². The lowest BCUT2D eigenvalue weighted by Gasteiger charge is -2.34. The second kappa shape index (κ2) is 7.28. The zero-order chi connectivity index (χ0) is 18.9. The number of alkyl halides is 3. The Kier molecular flexibility index (Phi) is 5.24. The van der Waals surface area contributed by atoms with Crippen molar-refractivity contribution in [3.05, 3.63) is 11.3 Å². The minimum Gasteiger partial charge on any atom is -0.353 e. The van der Waals surface area contributed by atoms with E-state index in [1.54, 1.807) is 6.26 Å². The van der Waals surface area contributed by atoms with E-state index in [-0.39, 0.29) is 19.1 Å². The smallest absolute Gasteiger partial charge is 0.353 e. The van der Waals surface area contributed by atoms with Crippen LogP contribution in [0.15, 0.2) is 5.16 Å². The van der Waals surface area contributed by atoms with Gasteiger partial charge in [0.05, 0.1) is 31.3 Å². The molecule has 0 saturated carbocycles. The average Bonchev–Trinajstić information content (AvgIpc) is 3.03. The predicted octanol–water partition coefficient (Wildman–Crippen LogP) is 1.29. The van der Waals surface area contributed by atoms with Gasteiger partial charge in [-0.2, -0.15) is 18.4 Å². The van der Waals surface area contributed by atoms with E-state index in [4.69, 9.17) is 5.26 Å². The molecule has 1 aromatic rings. The molecule has 0 spiro atoms. The van der Waals surface area contributed by atoms with Crippen molar-refractivity contribution < 1.29 is 18.0 Å². The number of carbonyl (C=O) groups excluding carboxylic acids is 1. The molecule has 7 nitrogen and oxygen atoms in total. The molecule has 0 aromatic carbocycles. The number of nitriles is 1. The van der Waals surface area contributed by atoms with E-state index >= 15 is 0 Å². The Labute approximate surface area is 152 Å². The number of halogens is 3. The molecule has 1 N–H and O–H groups in total.